The van der Waals surface area contributed by atoms with Gasteiger partial charge in [-0.1, -0.05) is 11.6 Å². The first-order valence-electron chi connectivity index (χ1n) is 6.58. The van der Waals surface area contributed by atoms with Gasteiger partial charge in [-0.2, -0.15) is 5.26 Å². The first-order chi connectivity index (χ1) is 9.20. The number of hydrogen-bond donors (Lipinski definition) is 1. The van der Waals surface area contributed by atoms with Crippen LogP contribution in [0, 0.1) is 25.2 Å². The highest BCUT2D eigenvalue weighted by Gasteiger charge is 2.08. The summed E-state index contributed by atoms with van der Waals surface area (Å²) in [6.45, 7) is 6.20. The van der Waals surface area contributed by atoms with Gasteiger partial charge in [0.15, 0.2) is 0 Å². The molecule has 0 bridgehead atoms. The van der Waals surface area contributed by atoms with Crippen molar-refractivity contribution in [1.29, 1.82) is 5.26 Å². The fourth-order valence-corrected chi connectivity index (χ4v) is 2.26. The summed E-state index contributed by atoms with van der Waals surface area (Å²) in [5.41, 5.74) is 4.69. The fraction of sp³-hybridized carbons (Fsp3) is 0.467. The zero-order chi connectivity index (χ0) is 13.7. The van der Waals surface area contributed by atoms with Crippen LogP contribution in [0.1, 0.15) is 29.8 Å². The predicted molar refractivity (Wildman–Crippen MR) is 75.1 cm³/mol. The smallest absolute Gasteiger partial charge is 0.103 e. The molecule has 0 atom stereocenters. The Morgan fingerprint density at radius 2 is 2.32 bits per heavy atom. The van der Waals surface area contributed by atoms with Crippen LogP contribution in [0.15, 0.2) is 17.7 Å². The van der Waals surface area contributed by atoms with Gasteiger partial charge in [0.05, 0.1) is 30.2 Å². The molecule has 1 aliphatic rings. The standard InChI is InChI=1S/C15H19N3O/c1-11-9-15(14(10-16)12(2)18-11)17-6-3-13-4-7-19-8-5-13/h4,9H,3,5-8H2,1-2H3,(H,17,18). The van der Waals surface area contributed by atoms with Gasteiger partial charge in [-0.15, -0.1) is 0 Å². The van der Waals surface area contributed by atoms with Crippen molar-refractivity contribution >= 4 is 5.69 Å². The Labute approximate surface area is 114 Å². The molecule has 0 spiro atoms. The van der Waals surface area contributed by atoms with Crippen molar-refractivity contribution in [2.45, 2.75) is 26.7 Å². The van der Waals surface area contributed by atoms with Crippen molar-refractivity contribution in [3.63, 3.8) is 0 Å². The van der Waals surface area contributed by atoms with Crippen LogP contribution in [-0.4, -0.2) is 24.7 Å². The SMILES string of the molecule is Cc1cc(NCCC2=CCOCC2)c(C#N)c(C)n1. The van der Waals surface area contributed by atoms with E-state index in [1.165, 1.54) is 5.57 Å². The largest absolute Gasteiger partial charge is 0.384 e. The molecule has 4 heteroatoms. The van der Waals surface area contributed by atoms with Crippen molar-refractivity contribution in [3.05, 3.63) is 34.7 Å². The molecule has 0 fully saturated rings. The normalized spacial score (nSPS) is 14.7. The van der Waals surface area contributed by atoms with E-state index in [1.54, 1.807) is 0 Å². The van der Waals surface area contributed by atoms with E-state index in [4.69, 9.17) is 4.74 Å². The molecular formula is C15H19N3O. The summed E-state index contributed by atoms with van der Waals surface area (Å²) >= 11 is 0. The highest BCUT2D eigenvalue weighted by molar-refractivity contribution is 5.59. The zero-order valence-corrected chi connectivity index (χ0v) is 11.5. The van der Waals surface area contributed by atoms with E-state index in [2.05, 4.69) is 22.4 Å². The number of nitrogens with one attached hydrogen (secondary N) is 1. The first kappa shape index (κ1) is 13.6. The van der Waals surface area contributed by atoms with Gasteiger partial charge in [-0.05, 0) is 32.8 Å². The van der Waals surface area contributed by atoms with Gasteiger partial charge >= 0.3 is 0 Å². The maximum absolute atomic E-state index is 9.18. The fourth-order valence-electron chi connectivity index (χ4n) is 2.26. The highest BCUT2D eigenvalue weighted by Crippen LogP contribution is 2.19. The highest BCUT2D eigenvalue weighted by atomic mass is 16.5. The van der Waals surface area contributed by atoms with E-state index >= 15 is 0 Å². The lowest BCUT2D eigenvalue weighted by atomic mass is 10.1. The molecule has 4 nitrogen and oxygen atoms in total. The van der Waals surface area contributed by atoms with Gasteiger partial charge in [0, 0.05) is 12.2 Å². The Balaban J connectivity index is 1.99. The molecule has 1 aliphatic heterocycles. The van der Waals surface area contributed by atoms with Crippen LogP contribution >= 0.6 is 0 Å². The van der Waals surface area contributed by atoms with Crippen LogP contribution < -0.4 is 5.32 Å². The number of rotatable bonds is 4. The lowest BCUT2D eigenvalue weighted by Crippen LogP contribution is -2.10. The summed E-state index contributed by atoms with van der Waals surface area (Å²) in [6, 6.07) is 4.15. The van der Waals surface area contributed by atoms with Crippen molar-refractivity contribution in [1.82, 2.24) is 4.98 Å². The minimum absolute atomic E-state index is 0.645. The van der Waals surface area contributed by atoms with Crippen molar-refractivity contribution < 1.29 is 4.74 Å². The molecule has 0 saturated carbocycles. The monoisotopic (exact) mass is 257 g/mol. The Morgan fingerprint density at radius 1 is 1.47 bits per heavy atom. The van der Waals surface area contributed by atoms with Crippen LogP contribution in [0.2, 0.25) is 0 Å². The van der Waals surface area contributed by atoms with E-state index in [1.807, 2.05) is 19.9 Å². The van der Waals surface area contributed by atoms with Crippen LogP contribution in [0.3, 0.4) is 0 Å². The maximum Gasteiger partial charge on any atom is 0.103 e. The summed E-state index contributed by atoms with van der Waals surface area (Å²) in [6.07, 6.45) is 4.16. The molecule has 0 saturated heterocycles. The average Bonchev–Trinajstić information content (AvgIpc) is 2.39. The number of anilines is 1. The Hall–Kier alpha value is -1.86. The summed E-state index contributed by atoms with van der Waals surface area (Å²) in [5, 5.41) is 12.5. The van der Waals surface area contributed by atoms with E-state index in [0.717, 1.165) is 49.7 Å². The third-order valence-electron chi connectivity index (χ3n) is 3.26. The van der Waals surface area contributed by atoms with Crippen LogP contribution in [0.5, 0.6) is 0 Å². The molecule has 19 heavy (non-hydrogen) atoms. The first-order valence-corrected chi connectivity index (χ1v) is 6.58. The Bertz CT molecular complexity index is 529. The molecule has 1 aromatic rings. The van der Waals surface area contributed by atoms with E-state index in [0.29, 0.717) is 5.56 Å². The average molecular weight is 257 g/mol. The van der Waals surface area contributed by atoms with E-state index in [9.17, 15) is 5.26 Å². The number of hydrogen-bond acceptors (Lipinski definition) is 4. The molecule has 0 amide bonds. The second kappa shape index (κ2) is 6.35. The molecule has 2 rings (SSSR count). The number of nitriles is 1. The molecule has 0 aliphatic carbocycles. The van der Waals surface area contributed by atoms with Gasteiger partial charge in [0.25, 0.3) is 0 Å². The molecular weight excluding hydrogens is 238 g/mol. The molecule has 1 aromatic heterocycles. The van der Waals surface area contributed by atoms with E-state index < -0.39 is 0 Å². The van der Waals surface area contributed by atoms with Crippen LogP contribution in [0.25, 0.3) is 0 Å². The zero-order valence-electron chi connectivity index (χ0n) is 11.5. The van der Waals surface area contributed by atoms with Gasteiger partial charge in [0.1, 0.15) is 6.07 Å². The summed E-state index contributed by atoms with van der Waals surface area (Å²) in [5.74, 6) is 0. The summed E-state index contributed by atoms with van der Waals surface area (Å²) in [7, 11) is 0. The molecule has 0 unspecified atom stereocenters. The number of nitrogens with zero attached hydrogens (tertiary/aromatic N) is 2. The lowest BCUT2D eigenvalue weighted by Gasteiger charge is -2.15. The number of aryl methyl sites for hydroxylation is 2. The minimum atomic E-state index is 0.645. The van der Waals surface area contributed by atoms with Crippen LogP contribution in [0.4, 0.5) is 5.69 Å². The minimum Gasteiger partial charge on any atom is -0.384 e. The number of aromatic nitrogens is 1. The number of ether oxygens (including phenoxy) is 1. The second-order valence-corrected chi connectivity index (χ2v) is 4.75. The molecule has 1 N–H and O–H groups in total. The molecule has 0 radical (unpaired) electrons. The Morgan fingerprint density at radius 3 is 3.00 bits per heavy atom. The van der Waals surface area contributed by atoms with E-state index in [-0.39, 0.29) is 0 Å². The van der Waals surface area contributed by atoms with Crippen LogP contribution in [-0.2, 0) is 4.74 Å². The lowest BCUT2D eigenvalue weighted by molar-refractivity contribution is 0.153. The Kier molecular flexibility index (Phi) is 4.53. The van der Waals surface area contributed by atoms with Crippen molar-refractivity contribution in [2.24, 2.45) is 0 Å². The topological polar surface area (TPSA) is 57.9 Å². The van der Waals surface area contributed by atoms with Crippen molar-refractivity contribution in [3.8, 4) is 6.07 Å². The van der Waals surface area contributed by atoms with Gasteiger partial charge in [0.2, 0.25) is 0 Å². The summed E-state index contributed by atoms with van der Waals surface area (Å²) in [4.78, 5) is 4.31. The third-order valence-corrected chi connectivity index (χ3v) is 3.26. The number of pyridine rings is 1. The second-order valence-electron chi connectivity index (χ2n) is 4.75. The maximum atomic E-state index is 9.18. The predicted octanol–water partition coefficient (Wildman–Crippen LogP) is 2.72. The molecule has 0 aromatic carbocycles. The van der Waals surface area contributed by atoms with Gasteiger partial charge in [-0.3, -0.25) is 4.98 Å². The van der Waals surface area contributed by atoms with Gasteiger partial charge in [-0.25, -0.2) is 0 Å². The van der Waals surface area contributed by atoms with Crippen molar-refractivity contribution in [2.75, 3.05) is 25.1 Å². The molecule has 100 valence electrons. The summed E-state index contributed by atoms with van der Waals surface area (Å²) < 4.78 is 5.28. The quantitative estimate of drug-likeness (QED) is 0.843. The third kappa shape index (κ3) is 3.55. The molecule has 2 heterocycles. The van der Waals surface area contributed by atoms with Gasteiger partial charge < -0.3 is 10.1 Å².